The van der Waals surface area contributed by atoms with Crippen molar-refractivity contribution < 1.29 is 13.5 Å². The summed E-state index contributed by atoms with van der Waals surface area (Å²) in [5, 5.41) is 0. The van der Waals surface area contributed by atoms with Gasteiger partial charge in [0.25, 0.3) is 0 Å². The summed E-state index contributed by atoms with van der Waals surface area (Å²) in [6.07, 6.45) is 20.6. The Morgan fingerprint density at radius 3 is 2.31 bits per heavy atom. The van der Waals surface area contributed by atoms with Crippen LogP contribution in [-0.4, -0.2) is 12.1 Å². The number of benzene rings is 1. The zero-order valence-corrected chi connectivity index (χ0v) is 21.4. The molecule has 1 aromatic heterocycles. The van der Waals surface area contributed by atoms with Crippen molar-refractivity contribution in [3.05, 3.63) is 71.1 Å². The smallest absolute Gasteiger partial charge is 0.200 e. The maximum Gasteiger partial charge on any atom is 0.200 e. The summed E-state index contributed by atoms with van der Waals surface area (Å²) in [5.41, 5.74) is 3.15. The second-order valence-corrected chi connectivity index (χ2v) is 10.7. The highest BCUT2D eigenvalue weighted by molar-refractivity contribution is 5.33. The lowest BCUT2D eigenvalue weighted by Gasteiger charge is -2.29. The molecule has 190 valence electrons. The van der Waals surface area contributed by atoms with Gasteiger partial charge in [0.2, 0.25) is 5.82 Å². The molecular formula is C31H41F2NO. The summed E-state index contributed by atoms with van der Waals surface area (Å²) >= 11 is 0. The van der Waals surface area contributed by atoms with E-state index in [0.29, 0.717) is 23.3 Å². The number of methoxy groups -OCH3 is 1. The number of allylic oxidation sites excluding steroid dienone is 2. The molecule has 1 heterocycles. The van der Waals surface area contributed by atoms with Gasteiger partial charge in [0.05, 0.1) is 7.11 Å². The van der Waals surface area contributed by atoms with Gasteiger partial charge in [-0.1, -0.05) is 37.6 Å². The lowest BCUT2D eigenvalue weighted by Crippen LogP contribution is -2.15. The van der Waals surface area contributed by atoms with Crippen molar-refractivity contribution in [1.82, 2.24) is 4.98 Å². The number of hydrogen-bond acceptors (Lipinski definition) is 2. The molecule has 0 amide bonds. The molecule has 0 N–H and O–H groups in total. The Balaban J connectivity index is 1.15. The number of pyridine rings is 1. The van der Waals surface area contributed by atoms with Gasteiger partial charge >= 0.3 is 0 Å². The average Bonchev–Trinajstić information content (AvgIpc) is 2.90. The van der Waals surface area contributed by atoms with Gasteiger partial charge in [-0.15, -0.1) is 0 Å². The molecule has 2 aliphatic carbocycles. The minimum Gasteiger partial charge on any atom is -0.494 e. The minimum atomic E-state index is -0.854. The van der Waals surface area contributed by atoms with Crippen molar-refractivity contribution >= 4 is 0 Å². The summed E-state index contributed by atoms with van der Waals surface area (Å²) in [7, 11) is 1.37. The van der Waals surface area contributed by atoms with E-state index in [1.54, 1.807) is 12.1 Å². The van der Waals surface area contributed by atoms with Gasteiger partial charge < -0.3 is 4.74 Å². The van der Waals surface area contributed by atoms with E-state index in [2.05, 4.69) is 37.4 Å². The first kappa shape index (κ1) is 25.9. The number of hydrogen-bond donors (Lipinski definition) is 0. The van der Waals surface area contributed by atoms with Gasteiger partial charge in [-0.3, -0.25) is 4.98 Å². The van der Waals surface area contributed by atoms with Crippen LogP contribution in [0.3, 0.4) is 0 Å². The van der Waals surface area contributed by atoms with E-state index in [9.17, 15) is 8.78 Å². The topological polar surface area (TPSA) is 22.1 Å². The average molecular weight is 482 g/mol. The van der Waals surface area contributed by atoms with E-state index >= 15 is 0 Å². The Kier molecular flexibility index (Phi) is 9.34. The van der Waals surface area contributed by atoms with Crippen LogP contribution in [0.25, 0.3) is 0 Å². The van der Waals surface area contributed by atoms with Crippen LogP contribution in [0.15, 0.2) is 42.6 Å². The number of aryl methyl sites for hydroxylation is 1. The van der Waals surface area contributed by atoms with Crippen LogP contribution in [0.2, 0.25) is 0 Å². The maximum atomic E-state index is 14.5. The lowest BCUT2D eigenvalue weighted by atomic mass is 9.77. The zero-order valence-electron chi connectivity index (χ0n) is 21.4. The molecule has 2 aromatic rings. The second-order valence-electron chi connectivity index (χ2n) is 10.7. The Morgan fingerprint density at radius 2 is 1.66 bits per heavy atom. The molecule has 0 bridgehead atoms. The van der Waals surface area contributed by atoms with Crippen LogP contribution in [0.1, 0.15) is 106 Å². The van der Waals surface area contributed by atoms with Crippen molar-refractivity contribution in [2.75, 3.05) is 7.11 Å². The van der Waals surface area contributed by atoms with E-state index in [1.807, 2.05) is 0 Å². The molecule has 2 saturated carbocycles. The van der Waals surface area contributed by atoms with E-state index in [1.165, 1.54) is 56.9 Å². The van der Waals surface area contributed by atoms with Crippen LogP contribution in [0.4, 0.5) is 8.78 Å². The Labute approximate surface area is 210 Å². The molecule has 2 nitrogen and oxygen atoms in total. The number of nitrogens with zero attached hydrogens (tertiary/aromatic N) is 1. The molecule has 0 saturated heterocycles. The van der Waals surface area contributed by atoms with Crippen LogP contribution in [0.5, 0.6) is 5.75 Å². The van der Waals surface area contributed by atoms with Crippen molar-refractivity contribution in [3.8, 4) is 5.75 Å². The molecule has 4 rings (SSSR count). The largest absolute Gasteiger partial charge is 0.494 e. The molecule has 0 atom stereocenters. The third kappa shape index (κ3) is 6.71. The fraction of sp³-hybridized carbons (Fsp3) is 0.581. The van der Waals surface area contributed by atoms with Crippen molar-refractivity contribution in [2.45, 2.75) is 95.8 Å². The fourth-order valence-electron chi connectivity index (χ4n) is 6.12. The quantitative estimate of drug-likeness (QED) is 0.334. The maximum absolute atomic E-state index is 14.5. The Hall–Kier alpha value is -2.23. The number of rotatable bonds is 9. The normalized spacial score (nSPS) is 25.1. The molecule has 2 fully saturated rings. The highest BCUT2D eigenvalue weighted by Gasteiger charge is 2.26. The van der Waals surface area contributed by atoms with Gasteiger partial charge in [0.15, 0.2) is 11.6 Å². The predicted molar refractivity (Wildman–Crippen MR) is 139 cm³/mol. The number of aromatic nitrogens is 1. The summed E-state index contributed by atoms with van der Waals surface area (Å²) in [6.45, 7) is 2.21. The molecule has 0 aliphatic heterocycles. The molecule has 35 heavy (non-hydrogen) atoms. The van der Waals surface area contributed by atoms with Crippen molar-refractivity contribution in [3.63, 3.8) is 0 Å². The first-order valence-corrected chi connectivity index (χ1v) is 13.7. The van der Waals surface area contributed by atoms with Gasteiger partial charge in [0.1, 0.15) is 0 Å². The van der Waals surface area contributed by atoms with Gasteiger partial charge in [-0.25, -0.2) is 4.39 Å². The van der Waals surface area contributed by atoms with E-state index < -0.39 is 11.6 Å². The van der Waals surface area contributed by atoms with Crippen LogP contribution < -0.4 is 4.74 Å². The van der Waals surface area contributed by atoms with Gasteiger partial charge in [-0.05, 0) is 112 Å². The first-order chi connectivity index (χ1) is 17.1. The van der Waals surface area contributed by atoms with Crippen LogP contribution in [-0.2, 0) is 6.42 Å². The number of ether oxygens (including phenoxy) is 1. The summed E-state index contributed by atoms with van der Waals surface area (Å²) in [5.74, 6) is 0.540. The zero-order chi connectivity index (χ0) is 24.6. The third-order valence-corrected chi connectivity index (χ3v) is 8.31. The third-order valence-electron chi connectivity index (χ3n) is 8.31. The molecule has 0 spiro atoms. The van der Waals surface area contributed by atoms with Gasteiger partial charge in [0, 0.05) is 17.8 Å². The highest BCUT2D eigenvalue weighted by Crippen LogP contribution is 2.40. The van der Waals surface area contributed by atoms with E-state index in [4.69, 9.17) is 9.72 Å². The van der Waals surface area contributed by atoms with Crippen molar-refractivity contribution in [2.24, 2.45) is 11.8 Å². The molecule has 4 heteroatoms. The summed E-state index contributed by atoms with van der Waals surface area (Å²) < 4.78 is 33.4. The highest BCUT2D eigenvalue weighted by atomic mass is 19.2. The van der Waals surface area contributed by atoms with E-state index in [-0.39, 0.29) is 11.7 Å². The van der Waals surface area contributed by atoms with Crippen molar-refractivity contribution in [1.29, 1.82) is 0 Å². The van der Waals surface area contributed by atoms with Crippen LogP contribution >= 0.6 is 0 Å². The van der Waals surface area contributed by atoms with E-state index in [0.717, 1.165) is 38.5 Å². The fourth-order valence-corrected chi connectivity index (χ4v) is 6.12. The Morgan fingerprint density at radius 1 is 0.914 bits per heavy atom. The monoisotopic (exact) mass is 481 g/mol. The lowest BCUT2D eigenvalue weighted by molar-refractivity contribution is 0.304. The summed E-state index contributed by atoms with van der Waals surface area (Å²) in [4.78, 5) is 4.75. The van der Waals surface area contributed by atoms with Gasteiger partial charge in [-0.2, -0.15) is 4.39 Å². The standard InChI is InChI=1S/C31H41F2NO/c1-3-6-24-13-19-28(34-21-24)26-16-11-23(12-17-26)8-5-4-7-22-9-14-25(15-10-22)27-18-20-29(35-2)31(33)30(27)32/h5,8,13,18-23,25-26H,3-4,6-7,9-12,14-17H2,1-2H3/b8-5+. The minimum absolute atomic E-state index is 0.0158. The Bertz CT molecular complexity index is 955. The first-order valence-electron chi connectivity index (χ1n) is 13.7. The molecule has 2 aliphatic rings. The molecule has 0 radical (unpaired) electrons. The predicted octanol–water partition coefficient (Wildman–Crippen LogP) is 8.91. The molecule has 0 unspecified atom stereocenters. The second kappa shape index (κ2) is 12.6. The molecular weight excluding hydrogens is 440 g/mol. The molecule has 1 aromatic carbocycles. The number of halogens is 2. The van der Waals surface area contributed by atoms with Crippen LogP contribution in [0, 0.1) is 23.5 Å². The summed E-state index contributed by atoms with van der Waals surface area (Å²) in [6, 6.07) is 7.77. The SMILES string of the molecule is CCCc1ccc(C2CCC(/C=C/CCC3CCC(c4ccc(OC)c(F)c4F)CC3)CC2)nc1.